The topological polar surface area (TPSA) is 95.9 Å². The monoisotopic (exact) mass is 449 g/mol. The van der Waals surface area contributed by atoms with Crippen LogP contribution in [0.25, 0.3) is 0 Å². The summed E-state index contributed by atoms with van der Waals surface area (Å²) < 4.78 is 5.35. The zero-order chi connectivity index (χ0) is 17.0. The maximum absolute atomic E-state index is 11.0. The lowest BCUT2D eigenvalue weighted by Crippen LogP contribution is -2.46. The summed E-state index contributed by atoms with van der Waals surface area (Å²) in [5, 5.41) is 6.67. The van der Waals surface area contributed by atoms with Crippen LogP contribution in [-0.2, 0) is 6.54 Å². The number of nitrogens with one attached hydrogen (secondary N) is 2. The van der Waals surface area contributed by atoms with Gasteiger partial charge >= 0.3 is 0 Å². The number of nitrogens with two attached hydrogens (primary N) is 1. The number of furan rings is 1. The summed E-state index contributed by atoms with van der Waals surface area (Å²) in [6, 6.07) is 4.23. The SMILES string of the molecule is CN=C(NCc1ccc(C(N)=O)o1)NC1CN(C(C)C)CC1C.I. The number of likely N-dealkylation sites (tertiary alicyclic amines) is 1. The first-order valence-corrected chi connectivity index (χ1v) is 8.00. The van der Waals surface area contributed by atoms with Crippen molar-refractivity contribution in [3.05, 3.63) is 23.7 Å². The highest BCUT2D eigenvalue weighted by atomic mass is 127. The lowest BCUT2D eigenvalue weighted by molar-refractivity contribution is 0.0972. The summed E-state index contributed by atoms with van der Waals surface area (Å²) in [6.45, 7) is 9.23. The Labute approximate surface area is 160 Å². The molecule has 0 spiro atoms. The Hall–Kier alpha value is -1.29. The number of nitrogens with zero attached hydrogens (tertiary/aromatic N) is 2. The predicted molar refractivity (Wildman–Crippen MR) is 106 cm³/mol. The van der Waals surface area contributed by atoms with E-state index in [1.165, 1.54) is 0 Å². The van der Waals surface area contributed by atoms with Gasteiger partial charge in [-0.25, -0.2) is 0 Å². The molecule has 1 amide bonds. The van der Waals surface area contributed by atoms with Crippen LogP contribution < -0.4 is 16.4 Å². The van der Waals surface area contributed by atoms with Crippen molar-refractivity contribution >= 4 is 35.8 Å². The number of guanidine groups is 1. The van der Waals surface area contributed by atoms with Crippen LogP contribution in [0.1, 0.15) is 37.1 Å². The van der Waals surface area contributed by atoms with Crippen LogP contribution in [0.15, 0.2) is 21.5 Å². The third kappa shape index (κ3) is 5.37. The zero-order valence-corrected chi connectivity index (χ0v) is 17.0. The summed E-state index contributed by atoms with van der Waals surface area (Å²) in [4.78, 5) is 17.7. The molecule has 2 rings (SSSR count). The van der Waals surface area contributed by atoms with Crippen molar-refractivity contribution in [2.45, 2.75) is 39.4 Å². The van der Waals surface area contributed by atoms with Gasteiger partial charge in [0.1, 0.15) is 5.76 Å². The fourth-order valence-corrected chi connectivity index (χ4v) is 2.76. The smallest absolute Gasteiger partial charge is 0.284 e. The number of carbonyl (C=O) groups is 1. The molecule has 1 fully saturated rings. The van der Waals surface area contributed by atoms with Gasteiger partial charge in [-0.05, 0) is 31.9 Å². The van der Waals surface area contributed by atoms with Crippen LogP contribution in [-0.4, -0.2) is 49.0 Å². The highest BCUT2D eigenvalue weighted by molar-refractivity contribution is 14.0. The van der Waals surface area contributed by atoms with Crippen molar-refractivity contribution in [1.82, 2.24) is 15.5 Å². The molecule has 0 radical (unpaired) electrons. The maximum atomic E-state index is 11.0. The molecule has 24 heavy (non-hydrogen) atoms. The van der Waals surface area contributed by atoms with E-state index in [2.05, 4.69) is 41.3 Å². The van der Waals surface area contributed by atoms with E-state index in [0.29, 0.717) is 30.3 Å². The minimum absolute atomic E-state index is 0. The highest BCUT2D eigenvalue weighted by Crippen LogP contribution is 2.18. The number of halogens is 1. The van der Waals surface area contributed by atoms with Crippen LogP contribution in [0.3, 0.4) is 0 Å². The summed E-state index contributed by atoms with van der Waals surface area (Å²) in [7, 11) is 1.74. The number of hydrogen-bond donors (Lipinski definition) is 3. The Bertz CT molecular complexity index is 573. The van der Waals surface area contributed by atoms with Gasteiger partial charge < -0.3 is 20.8 Å². The summed E-state index contributed by atoms with van der Waals surface area (Å²) in [5.74, 6) is 1.53. The molecule has 2 unspecified atom stereocenters. The fraction of sp³-hybridized carbons (Fsp3) is 0.625. The molecule has 1 aliphatic heterocycles. The molecular formula is C16H28IN5O2. The molecule has 1 aromatic heterocycles. The fourth-order valence-electron chi connectivity index (χ4n) is 2.76. The third-order valence-corrected chi connectivity index (χ3v) is 4.25. The Balaban J connectivity index is 0.00000288. The number of carbonyl (C=O) groups excluding carboxylic acids is 1. The Morgan fingerprint density at radius 1 is 1.46 bits per heavy atom. The standard InChI is InChI=1S/C16H27N5O2.HI/c1-10(2)21-8-11(3)13(9-21)20-16(18-4)19-7-12-5-6-14(23-12)15(17)22;/h5-6,10-11,13H,7-9H2,1-4H3,(H2,17,22)(H2,18,19,20);1H. The first-order valence-electron chi connectivity index (χ1n) is 8.00. The van der Waals surface area contributed by atoms with Gasteiger partial charge in [-0.2, -0.15) is 0 Å². The molecular weight excluding hydrogens is 421 g/mol. The number of amides is 1. The number of primary amides is 1. The molecule has 136 valence electrons. The van der Waals surface area contributed by atoms with Crippen molar-refractivity contribution in [3.8, 4) is 0 Å². The van der Waals surface area contributed by atoms with Crippen LogP contribution in [0.5, 0.6) is 0 Å². The molecule has 7 nitrogen and oxygen atoms in total. The molecule has 1 saturated heterocycles. The zero-order valence-electron chi connectivity index (χ0n) is 14.7. The van der Waals surface area contributed by atoms with E-state index in [0.717, 1.165) is 19.0 Å². The third-order valence-electron chi connectivity index (χ3n) is 4.25. The summed E-state index contributed by atoms with van der Waals surface area (Å²) in [5.41, 5.74) is 5.18. The predicted octanol–water partition coefficient (Wildman–Crippen LogP) is 1.39. The normalized spacial score (nSPS) is 21.6. The van der Waals surface area contributed by atoms with Crippen LogP contribution in [0, 0.1) is 5.92 Å². The average molecular weight is 449 g/mol. The molecule has 0 aliphatic carbocycles. The second-order valence-corrected chi connectivity index (χ2v) is 6.33. The lowest BCUT2D eigenvalue weighted by atomic mass is 10.1. The van der Waals surface area contributed by atoms with Gasteiger partial charge in [0.15, 0.2) is 11.7 Å². The van der Waals surface area contributed by atoms with Crippen molar-refractivity contribution in [2.24, 2.45) is 16.6 Å². The molecule has 8 heteroatoms. The molecule has 1 aliphatic rings. The molecule has 0 aromatic carbocycles. The van der Waals surface area contributed by atoms with Gasteiger partial charge in [0, 0.05) is 32.2 Å². The van der Waals surface area contributed by atoms with Gasteiger partial charge in [-0.3, -0.25) is 14.7 Å². The van der Waals surface area contributed by atoms with Gasteiger partial charge in [-0.15, -0.1) is 24.0 Å². The molecule has 2 atom stereocenters. The van der Waals surface area contributed by atoms with E-state index in [1.54, 1.807) is 19.2 Å². The van der Waals surface area contributed by atoms with Crippen molar-refractivity contribution in [1.29, 1.82) is 0 Å². The Kier molecular flexibility index (Phi) is 8.01. The van der Waals surface area contributed by atoms with E-state index in [-0.39, 0.29) is 29.7 Å². The average Bonchev–Trinajstić information content (AvgIpc) is 3.10. The quantitative estimate of drug-likeness (QED) is 0.359. The van der Waals surface area contributed by atoms with E-state index in [4.69, 9.17) is 10.2 Å². The summed E-state index contributed by atoms with van der Waals surface area (Å²) in [6.07, 6.45) is 0. The van der Waals surface area contributed by atoms with E-state index in [9.17, 15) is 4.79 Å². The number of hydrogen-bond acceptors (Lipinski definition) is 4. The maximum Gasteiger partial charge on any atom is 0.284 e. The molecule has 2 heterocycles. The van der Waals surface area contributed by atoms with Gasteiger partial charge in [0.2, 0.25) is 0 Å². The van der Waals surface area contributed by atoms with Gasteiger partial charge in [0.25, 0.3) is 5.91 Å². The van der Waals surface area contributed by atoms with E-state index < -0.39 is 5.91 Å². The largest absolute Gasteiger partial charge is 0.454 e. The minimum Gasteiger partial charge on any atom is -0.454 e. The van der Waals surface area contributed by atoms with Crippen LogP contribution in [0.2, 0.25) is 0 Å². The van der Waals surface area contributed by atoms with Crippen molar-refractivity contribution in [3.63, 3.8) is 0 Å². The second kappa shape index (κ2) is 9.26. The first-order chi connectivity index (χ1) is 10.9. The first kappa shape index (κ1) is 20.8. The molecule has 0 bridgehead atoms. The number of aliphatic imine (C=N–C) groups is 1. The molecule has 1 aromatic rings. The van der Waals surface area contributed by atoms with Crippen molar-refractivity contribution in [2.75, 3.05) is 20.1 Å². The van der Waals surface area contributed by atoms with E-state index in [1.807, 2.05) is 0 Å². The highest BCUT2D eigenvalue weighted by Gasteiger charge is 2.31. The molecule has 0 saturated carbocycles. The van der Waals surface area contributed by atoms with E-state index >= 15 is 0 Å². The van der Waals surface area contributed by atoms with Crippen molar-refractivity contribution < 1.29 is 9.21 Å². The lowest BCUT2D eigenvalue weighted by Gasteiger charge is -2.21. The number of rotatable bonds is 5. The Morgan fingerprint density at radius 2 is 2.17 bits per heavy atom. The van der Waals surface area contributed by atoms with Crippen LogP contribution >= 0.6 is 24.0 Å². The van der Waals surface area contributed by atoms with Gasteiger partial charge in [-0.1, -0.05) is 6.92 Å². The van der Waals surface area contributed by atoms with Gasteiger partial charge in [0.05, 0.1) is 6.54 Å². The van der Waals surface area contributed by atoms with Crippen LogP contribution in [0.4, 0.5) is 0 Å². The second-order valence-electron chi connectivity index (χ2n) is 6.33. The minimum atomic E-state index is -0.563. The summed E-state index contributed by atoms with van der Waals surface area (Å²) >= 11 is 0. The Morgan fingerprint density at radius 3 is 2.67 bits per heavy atom. The molecule has 4 N–H and O–H groups in total.